The van der Waals surface area contributed by atoms with Gasteiger partial charge in [-0.25, -0.2) is 0 Å². The highest BCUT2D eigenvalue weighted by molar-refractivity contribution is 7.86. The molecular formula is C22H46O4S. The summed E-state index contributed by atoms with van der Waals surface area (Å²) in [6.07, 6.45) is 20.8. The molecule has 2 unspecified atom stereocenters. The molecule has 0 spiro atoms. The molecule has 0 aromatic rings. The number of unbranched alkanes of at least 4 members (excludes halogenated alkanes) is 13. The van der Waals surface area contributed by atoms with Crippen molar-refractivity contribution in [2.75, 3.05) is 0 Å². The third-order valence-corrected chi connectivity index (χ3v) is 6.80. The van der Waals surface area contributed by atoms with E-state index in [2.05, 4.69) is 6.92 Å². The summed E-state index contributed by atoms with van der Waals surface area (Å²) in [5, 5.41) is 9.21. The summed E-state index contributed by atoms with van der Waals surface area (Å²) in [5.74, 6) is 0. The van der Waals surface area contributed by atoms with Crippen molar-refractivity contribution < 1.29 is 18.1 Å². The Morgan fingerprint density at radius 3 is 1.41 bits per heavy atom. The first-order valence-electron chi connectivity index (χ1n) is 11.5. The van der Waals surface area contributed by atoms with Crippen LogP contribution in [0.5, 0.6) is 0 Å². The lowest BCUT2D eigenvalue weighted by Crippen LogP contribution is -2.17. The molecule has 0 aromatic carbocycles. The molecule has 0 aliphatic carbocycles. The Morgan fingerprint density at radius 1 is 0.630 bits per heavy atom. The van der Waals surface area contributed by atoms with Crippen molar-refractivity contribution in [1.82, 2.24) is 0 Å². The number of hydrogen-bond acceptors (Lipinski definition) is 3. The molecule has 164 valence electrons. The fraction of sp³-hybridized carbons (Fsp3) is 1.00. The average Bonchev–Trinajstić information content (AvgIpc) is 2.61. The third-order valence-electron chi connectivity index (χ3n) is 5.55. The highest BCUT2D eigenvalue weighted by atomic mass is 32.2. The number of aliphatic hydroxyl groups is 1. The van der Waals surface area contributed by atoms with Crippen molar-refractivity contribution in [3.8, 4) is 0 Å². The average molecular weight is 407 g/mol. The SMILES string of the molecule is CCCCCCCCCCCCCCCCC(O)CCCC(C)S(=O)(=O)O. The van der Waals surface area contributed by atoms with Crippen LogP contribution in [0.3, 0.4) is 0 Å². The second kappa shape index (κ2) is 17.9. The van der Waals surface area contributed by atoms with E-state index in [0.717, 1.165) is 12.8 Å². The van der Waals surface area contributed by atoms with Crippen LogP contribution < -0.4 is 0 Å². The minimum absolute atomic E-state index is 0.337. The summed E-state index contributed by atoms with van der Waals surface area (Å²) in [4.78, 5) is 0. The van der Waals surface area contributed by atoms with E-state index in [9.17, 15) is 13.5 Å². The van der Waals surface area contributed by atoms with Gasteiger partial charge >= 0.3 is 0 Å². The Balaban J connectivity index is 3.28. The Hall–Kier alpha value is -0.130. The Bertz CT molecular complexity index is 409. The molecule has 0 aliphatic rings. The first-order valence-corrected chi connectivity index (χ1v) is 13.0. The molecule has 27 heavy (non-hydrogen) atoms. The summed E-state index contributed by atoms with van der Waals surface area (Å²) < 4.78 is 30.7. The van der Waals surface area contributed by atoms with Gasteiger partial charge in [-0.3, -0.25) is 4.55 Å². The third kappa shape index (κ3) is 19.0. The number of hydrogen-bond donors (Lipinski definition) is 2. The predicted octanol–water partition coefficient (Wildman–Crippen LogP) is 6.67. The molecule has 0 fully saturated rings. The van der Waals surface area contributed by atoms with Crippen molar-refractivity contribution >= 4 is 10.1 Å². The van der Waals surface area contributed by atoms with Gasteiger partial charge in [0.15, 0.2) is 0 Å². The van der Waals surface area contributed by atoms with Gasteiger partial charge in [-0.15, -0.1) is 0 Å². The fourth-order valence-corrected chi connectivity index (χ4v) is 3.97. The molecule has 2 atom stereocenters. The minimum atomic E-state index is -3.92. The molecule has 0 saturated heterocycles. The maximum absolute atomic E-state index is 10.9. The van der Waals surface area contributed by atoms with Crippen molar-refractivity contribution in [3.05, 3.63) is 0 Å². The maximum atomic E-state index is 10.9. The van der Waals surface area contributed by atoms with Gasteiger partial charge in [0.2, 0.25) is 0 Å². The Morgan fingerprint density at radius 2 is 1.00 bits per heavy atom. The molecule has 2 N–H and O–H groups in total. The second-order valence-corrected chi connectivity index (χ2v) is 10.1. The topological polar surface area (TPSA) is 74.6 Å². The molecular weight excluding hydrogens is 360 g/mol. The molecule has 0 saturated carbocycles. The van der Waals surface area contributed by atoms with Crippen molar-refractivity contribution in [3.63, 3.8) is 0 Å². The Labute approximate surface area is 169 Å². The highest BCUT2D eigenvalue weighted by Crippen LogP contribution is 2.16. The lowest BCUT2D eigenvalue weighted by atomic mass is 10.0. The normalized spacial score (nSPS) is 14.4. The van der Waals surface area contributed by atoms with Crippen LogP contribution in [0.2, 0.25) is 0 Å². The molecule has 5 heteroatoms. The van der Waals surface area contributed by atoms with Crippen LogP contribution in [0, 0.1) is 0 Å². The highest BCUT2D eigenvalue weighted by Gasteiger charge is 2.17. The van der Waals surface area contributed by atoms with Gasteiger partial charge in [0.25, 0.3) is 10.1 Å². The van der Waals surface area contributed by atoms with Gasteiger partial charge in [-0.1, -0.05) is 96.8 Å². The lowest BCUT2D eigenvalue weighted by Gasteiger charge is -2.12. The van der Waals surface area contributed by atoms with Crippen LogP contribution in [0.4, 0.5) is 0 Å². The van der Waals surface area contributed by atoms with Gasteiger partial charge in [0, 0.05) is 0 Å². The van der Waals surface area contributed by atoms with E-state index in [0.29, 0.717) is 19.3 Å². The zero-order valence-electron chi connectivity index (χ0n) is 18.0. The Kier molecular flexibility index (Phi) is 17.8. The predicted molar refractivity (Wildman–Crippen MR) is 116 cm³/mol. The fourth-order valence-electron chi connectivity index (χ4n) is 3.51. The zero-order valence-corrected chi connectivity index (χ0v) is 18.8. The van der Waals surface area contributed by atoms with Gasteiger partial charge in [-0.2, -0.15) is 8.42 Å². The number of aliphatic hydroxyl groups excluding tert-OH is 1. The van der Waals surface area contributed by atoms with Crippen molar-refractivity contribution in [2.24, 2.45) is 0 Å². The molecule has 0 amide bonds. The maximum Gasteiger partial charge on any atom is 0.267 e. The quantitative estimate of drug-likeness (QED) is 0.175. The van der Waals surface area contributed by atoms with E-state index >= 15 is 0 Å². The van der Waals surface area contributed by atoms with E-state index in [1.807, 2.05) is 0 Å². The van der Waals surface area contributed by atoms with Gasteiger partial charge in [0.05, 0.1) is 11.4 Å². The monoisotopic (exact) mass is 406 g/mol. The van der Waals surface area contributed by atoms with Gasteiger partial charge in [0.1, 0.15) is 0 Å². The molecule has 0 bridgehead atoms. The molecule has 0 aliphatic heterocycles. The second-order valence-electron chi connectivity index (χ2n) is 8.30. The van der Waals surface area contributed by atoms with Gasteiger partial charge in [-0.05, 0) is 32.6 Å². The summed E-state index contributed by atoms with van der Waals surface area (Å²) in [7, 11) is -3.92. The lowest BCUT2D eigenvalue weighted by molar-refractivity contribution is 0.147. The summed E-state index contributed by atoms with van der Waals surface area (Å²) in [6.45, 7) is 3.77. The van der Waals surface area contributed by atoms with Crippen LogP contribution in [0.1, 0.15) is 129 Å². The first-order chi connectivity index (χ1) is 12.9. The zero-order chi connectivity index (χ0) is 20.4. The number of rotatable bonds is 20. The molecule has 0 rings (SSSR count). The summed E-state index contributed by atoms with van der Waals surface area (Å²) in [6, 6.07) is 0. The van der Waals surface area contributed by atoms with Crippen LogP contribution >= 0.6 is 0 Å². The molecule has 0 radical (unpaired) electrons. The molecule has 0 heterocycles. The largest absolute Gasteiger partial charge is 0.393 e. The standard InChI is InChI=1S/C22H46O4S/c1-3-4-5-6-7-8-9-10-11-12-13-14-15-16-19-22(23)20-17-18-21(2)27(24,25)26/h21-23H,3-20H2,1-2H3,(H,24,25,26). The molecule has 4 nitrogen and oxygen atoms in total. The summed E-state index contributed by atoms with van der Waals surface area (Å²) >= 11 is 0. The van der Waals surface area contributed by atoms with E-state index in [4.69, 9.17) is 4.55 Å². The van der Waals surface area contributed by atoms with Crippen molar-refractivity contribution in [2.45, 2.75) is 141 Å². The van der Waals surface area contributed by atoms with E-state index in [1.54, 1.807) is 0 Å². The van der Waals surface area contributed by atoms with E-state index in [-0.39, 0.29) is 6.10 Å². The smallest absolute Gasteiger partial charge is 0.267 e. The van der Waals surface area contributed by atoms with Crippen LogP contribution in [-0.4, -0.2) is 29.4 Å². The van der Waals surface area contributed by atoms with Crippen LogP contribution in [0.15, 0.2) is 0 Å². The summed E-state index contributed by atoms with van der Waals surface area (Å²) in [5.41, 5.74) is 0. The van der Waals surface area contributed by atoms with Crippen molar-refractivity contribution in [1.29, 1.82) is 0 Å². The van der Waals surface area contributed by atoms with Crippen LogP contribution in [0.25, 0.3) is 0 Å². The molecule has 0 aromatic heterocycles. The van der Waals surface area contributed by atoms with E-state index in [1.165, 1.54) is 90.4 Å². The van der Waals surface area contributed by atoms with Gasteiger partial charge < -0.3 is 5.11 Å². The minimum Gasteiger partial charge on any atom is -0.393 e. The van der Waals surface area contributed by atoms with Crippen LogP contribution in [-0.2, 0) is 10.1 Å². The van der Waals surface area contributed by atoms with E-state index < -0.39 is 15.4 Å². The first kappa shape index (κ1) is 26.9.